The molecule has 0 saturated carbocycles. The van der Waals surface area contributed by atoms with Gasteiger partial charge in [0.25, 0.3) is 0 Å². The van der Waals surface area contributed by atoms with E-state index < -0.39 is 0 Å². The molecule has 1 atom stereocenters. The highest BCUT2D eigenvalue weighted by molar-refractivity contribution is 5.93. The Hall–Kier alpha value is -2.37. The van der Waals surface area contributed by atoms with Gasteiger partial charge < -0.3 is 10.2 Å². The minimum atomic E-state index is -0.0314. The fourth-order valence-corrected chi connectivity index (χ4v) is 2.60. The Balaban J connectivity index is 1.64. The van der Waals surface area contributed by atoms with Crippen LogP contribution in [0.2, 0.25) is 0 Å². The smallest absolute Gasteiger partial charge is 0.227 e. The molecule has 0 spiro atoms. The van der Waals surface area contributed by atoms with Crippen LogP contribution in [0.25, 0.3) is 0 Å². The third-order valence-electron chi connectivity index (χ3n) is 3.89. The van der Waals surface area contributed by atoms with E-state index >= 15 is 0 Å². The highest BCUT2D eigenvalue weighted by atomic mass is 16.1. The number of aryl methyl sites for hydroxylation is 1. The van der Waals surface area contributed by atoms with E-state index in [9.17, 15) is 4.79 Å². The van der Waals surface area contributed by atoms with Crippen molar-refractivity contribution in [2.75, 3.05) is 24.3 Å². The maximum Gasteiger partial charge on any atom is 0.227 e. The number of hydrogen-bond acceptors (Lipinski definition) is 4. The van der Waals surface area contributed by atoms with E-state index in [1.807, 2.05) is 43.3 Å². The summed E-state index contributed by atoms with van der Waals surface area (Å²) >= 11 is 0. The van der Waals surface area contributed by atoms with E-state index in [0.717, 1.165) is 35.6 Å². The number of aromatic amines is 1. The maximum atomic E-state index is 12.3. The van der Waals surface area contributed by atoms with Crippen molar-refractivity contribution in [3.8, 4) is 0 Å². The number of carbonyl (C=O) groups excluding carboxylic acids is 1. The van der Waals surface area contributed by atoms with Crippen molar-refractivity contribution in [3.05, 3.63) is 35.7 Å². The molecule has 0 aliphatic heterocycles. The van der Waals surface area contributed by atoms with Crippen molar-refractivity contribution in [1.29, 1.82) is 0 Å². The summed E-state index contributed by atoms with van der Waals surface area (Å²) in [7, 11) is 3.98. The third kappa shape index (κ3) is 2.89. The second-order valence-corrected chi connectivity index (χ2v) is 5.59. The lowest BCUT2D eigenvalue weighted by Gasteiger charge is -2.20. The number of hydrogen-bond donors (Lipinski definition) is 2. The van der Waals surface area contributed by atoms with E-state index in [4.69, 9.17) is 0 Å². The molecule has 1 heterocycles. The molecular formula is C15H19N5O. The molecule has 1 aliphatic carbocycles. The van der Waals surface area contributed by atoms with E-state index in [1.54, 1.807) is 0 Å². The number of fused-ring (bicyclic) bond motifs is 1. The van der Waals surface area contributed by atoms with Crippen LogP contribution < -0.4 is 10.2 Å². The fraction of sp³-hybridized carbons (Fsp3) is 0.400. The molecule has 0 fully saturated rings. The molecule has 110 valence electrons. The SMILES string of the molecule is CN(C)c1ccc(NC(=O)C2CCc3n[nH]nc3C2)cc1. The van der Waals surface area contributed by atoms with Gasteiger partial charge in [0.05, 0.1) is 11.4 Å². The number of rotatable bonds is 3. The van der Waals surface area contributed by atoms with Crippen LogP contribution in [0.4, 0.5) is 11.4 Å². The predicted octanol–water partition coefficient (Wildman–Crippen LogP) is 1.61. The summed E-state index contributed by atoms with van der Waals surface area (Å²) < 4.78 is 0. The van der Waals surface area contributed by atoms with E-state index in [2.05, 4.69) is 20.7 Å². The summed E-state index contributed by atoms with van der Waals surface area (Å²) in [5.41, 5.74) is 3.85. The first-order valence-corrected chi connectivity index (χ1v) is 7.10. The van der Waals surface area contributed by atoms with Crippen molar-refractivity contribution in [3.63, 3.8) is 0 Å². The van der Waals surface area contributed by atoms with Gasteiger partial charge in [-0.15, -0.1) is 0 Å². The van der Waals surface area contributed by atoms with Gasteiger partial charge in [0.15, 0.2) is 0 Å². The van der Waals surface area contributed by atoms with Gasteiger partial charge in [-0.3, -0.25) is 4.79 Å². The maximum absolute atomic E-state index is 12.3. The number of anilines is 2. The largest absolute Gasteiger partial charge is 0.378 e. The van der Waals surface area contributed by atoms with Crippen molar-refractivity contribution < 1.29 is 4.79 Å². The molecule has 1 amide bonds. The zero-order chi connectivity index (χ0) is 14.8. The Morgan fingerprint density at radius 3 is 2.67 bits per heavy atom. The van der Waals surface area contributed by atoms with E-state index in [1.165, 1.54) is 0 Å². The summed E-state index contributed by atoms with van der Waals surface area (Å²) in [5, 5.41) is 13.8. The molecule has 1 unspecified atom stereocenters. The lowest BCUT2D eigenvalue weighted by Crippen LogP contribution is -2.28. The molecule has 0 saturated heterocycles. The number of nitrogens with zero attached hydrogens (tertiary/aromatic N) is 3. The molecule has 2 aromatic rings. The van der Waals surface area contributed by atoms with Gasteiger partial charge in [0.1, 0.15) is 0 Å². The Morgan fingerprint density at radius 2 is 1.95 bits per heavy atom. The molecule has 1 aliphatic rings. The molecular weight excluding hydrogens is 266 g/mol. The van der Waals surface area contributed by atoms with E-state index in [0.29, 0.717) is 6.42 Å². The second kappa shape index (κ2) is 5.55. The van der Waals surface area contributed by atoms with Crippen LogP contribution in [-0.2, 0) is 17.6 Å². The molecule has 0 bridgehead atoms. The summed E-state index contributed by atoms with van der Waals surface area (Å²) in [6, 6.07) is 7.84. The number of amides is 1. The monoisotopic (exact) mass is 285 g/mol. The lowest BCUT2D eigenvalue weighted by molar-refractivity contribution is -0.120. The standard InChI is InChI=1S/C15H19N5O/c1-20(2)12-6-4-11(5-7-12)16-15(21)10-3-8-13-14(9-10)18-19-17-13/h4-7,10H,3,8-9H2,1-2H3,(H,16,21)(H,17,18,19). The van der Waals surface area contributed by atoms with Gasteiger partial charge in [-0.25, -0.2) is 0 Å². The normalized spacial score (nSPS) is 17.1. The van der Waals surface area contributed by atoms with Gasteiger partial charge >= 0.3 is 0 Å². The van der Waals surface area contributed by atoms with Gasteiger partial charge in [0, 0.05) is 37.8 Å². The molecule has 1 aromatic heterocycles. The third-order valence-corrected chi connectivity index (χ3v) is 3.89. The predicted molar refractivity (Wildman–Crippen MR) is 81.3 cm³/mol. The van der Waals surface area contributed by atoms with Crippen LogP contribution in [-0.4, -0.2) is 35.4 Å². The zero-order valence-electron chi connectivity index (χ0n) is 12.3. The molecule has 21 heavy (non-hydrogen) atoms. The quantitative estimate of drug-likeness (QED) is 0.898. The van der Waals surface area contributed by atoms with Crippen LogP contribution >= 0.6 is 0 Å². The Bertz CT molecular complexity index is 632. The number of aromatic nitrogens is 3. The van der Waals surface area contributed by atoms with Crippen LogP contribution in [0, 0.1) is 5.92 Å². The Morgan fingerprint density at radius 1 is 1.24 bits per heavy atom. The number of H-pyrrole nitrogens is 1. The van der Waals surface area contributed by atoms with Crippen molar-refractivity contribution in [1.82, 2.24) is 15.4 Å². The molecule has 6 nitrogen and oxygen atoms in total. The topological polar surface area (TPSA) is 73.9 Å². The minimum Gasteiger partial charge on any atom is -0.378 e. The molecule has 1 aromatic carbocycles. The van der Waals surface area contributed by atoms with Gasteiger partial charge in [-0.05, 0) is 37.1 Å². The second-order valence-electron chi connectivity index (χ2n) is 5.59. The molecule has 3 rings (SSSR count). The van der Waals surface area contributed by atoms with E-state index in [-0.39, 0.29) is 11.8 Å². The Kier molecular flexibility index (Phi) is 3.60. The van der Waals surface area contributed by atoms with Crippen molar-refractivity contribution in [2.24, 2.45) is 5.92 Å². The first-order valence-electron chi connectivity index (χ1n) is 7.10. The first kappa shape index (κ1) is 13.6. The number of benzene rings is 1. The molecule has 0 radical (unpaired) electrons. The average Bonchev–Trinajstić information content (AvgIpc) is 2.95. The summed E-state index contributed by atoms with van der Waals surface area (Å²) in [5.74, 6) is 0.0254. The fourth-order valence-electron chi connectivity index (χ4n) is 2.60. The summed E-state index contributed by atoms with van der Waals surface area (Å²) in [6.45, 7) is 0. The lowest BCUT2D eigenvalue weighted by atomic mass is 9.89. The summed E-state index contributed by atoms with van der Waals surface area (Å²) in [4.78, 5) is 14.4. The van der Waals surface area contributed by atoms with Crippen molar-refractivity contribution >= 4 is 17.3 Å². The van der Waals surface area contributed by atoms with Crippen LogP contribution in [0.1, 0.15) is 17.8 Å². The van der Waals surface area contributed by atoms with Crippen LogP contribution in [0.15, 0.2) is 24.3 Å². The number of nitrogens with one attached hydrogen (secondary N) is 2. The van der Waals surface area contributed by atoms with Crippen molar-refractivity contribution in [2.45, 2.75) is 19.3 Å². The highest BCUT2D eigenvalue weighted by Crippen LogP contribution is 2.24. The average molecular weight is 285 g/mol. The van der Waals surface area contributed by atoms with Gasteiger partial charge in [-0.1, -0.05) is 0 Å². The van der Waals surface area contributed by atoms with Crippen LogP contribution in [0.5, 0.6) is 0 Å². The minimum absolute atomic E-state index is 0.0314. The first-order chi connectivity index (χ1) is 10.1. The van der Waals surface area contributed by atoms with Gasteiger partial charge in [-0.2, -0.15) is 15.4 Å². The number of carbonyl (C=O) groups is 1. The highest BCUT2D eigenvalue weighted by Gasteiger charge is 2.27. The Labute approximate surface area is 123 Å². The molecule has 2 N–H and O–H groups in total. The summed E-state index contributed by atoms with van der Waals surface area (Å²) in [6.07, 6.45) is 2.29. The zero-order valence-corrected chi connectivity index (χ0v) is 12.3. The van der Waals surface area contributed by atoms with Gasteiger partial charge in [0.2, 0.25) is 5.91 Å². The molecule has 6 heteroatoms. The van der Waals surface area contributed by atoms with Crippen LogP contribution in [0.3, 0.4) is 0 Å².